The van der Waals surface area contributed by atoms with Gasteiger partial charge in [-0.3, -0.25) is 0 Å². The van der Waals surface area contributed by atoms with Gasteiger partial charge < -0.3 is 14.8 Å². The van der Waals surface area contributed by atoms with Gasteiger partial charge in [-0.2, -0.15) is 0 Å². The second-order valence-electron chi connectivity index (χ2n) is 5.13. The number of nitrogens with one attached hydrogen (secondary N) is 1. The van der Waals surface area contributed by atoms with Crippen LogP contribution in [0, 0.1) is 5.41 Å². The third-order valence-electron chi connectivity index (χ3n) is 3.59. The maximum absolute atomic E-state index is 5.62. The first-order chi connectivity index (χ1) is 8.85. The van der Waals surface area contributed by atoms with Crippen LogP contribution in [0.5, 0.6) is 0 Å². The van der Waals surface area contributed by atoms with Gasteiger partial charge in [0.05, 0.1) is 13.2 Å². The number of benzene rings is 1. The minimum Gasteiger partial charge on any atom is -0.383 e. The number of rotatable bonds is 7. The van der Waals surface area contributed by atoms with Crippen molar-refractivity contribution in [2.24, 2.45) is 5.41 Å². The van der Waals surface area contributed by atoms with Gasteiger partial charge >= 0.3 is 0 Å². The average molecular weight is 249 g/mol. The molecule has 2 rings (SSSR count). The van der Waals surface area contributed by atoms with E-state index in [4.69, 9.17) is 9.47 Å². The van der Waals surface area contributed by atoms with E-state index in [1.165, 1.54) is 5.56 Å². The second-order valence-corrected chi connectivity index (χ2v) is 5.13. The number of methoxy groups -OCH3 is 1. The van der Waals surface area contributed by atoms with Gasteiger partial charge in [-0.25, -0.2) is 0 Å². The average Bonchev–Trinajstić information content (AvgIpc) is 2.85. The monoisotopic (exact) mass is 249 g/mol. The summed E-state index contributed by atoms with van der Waals surface area (Å²) in [6, 6.07) is 10.7. The van der Waals surface area contributed by atoms with Crippen molar-refractivity contribution in [3.05, 3.63) is 35.9 Å². The van der Waals surface area contributed by atoms with Crippen LogP contribution in [0.1, 0.15) is 12.0 Å². The lowest BCUT2D eigenvalue weighted by Crippen LogP contribution is -2.38. The first-order valence-electron chi connectivity index (χ1n) is 6.66. The van der Waals surface area contributed by atoms with Gasteiger partial charge in [0.1, 0.15) is 0 Å². The molecule has 1 fully saturated rings. The molecule has 1 aromatic rings. The predicted octanol–water partition coefficient (Wildman–Crippen LogP) is 1.87. The molecule has 0 radical (unpaired) electrons. The van der Waals surface area contributed by atoms with Crippen molar-refractivity contribution in [1.82, 2.24) is 5.32 Å². The van der Waals surface area contributed by atoms with Gasteiger partial charge in [0.25, 0.3) is 0 Å². The largest absolute Gasteiger partial charge is 0.383 e. The van der Waals surface area contributed by atoms with Crippen molar-refractivity contribution in [3.63, 3.8) is 0 Å². The number of hydrogen-bond acceptors (Lipinski definition) is 3. The maximum Gasteiger partial charge on any atom is 0.0587 e. The summed E-state index contributed by atoms with van der Waals surface area (Å²) >= 11 is 0. The highest BCUT2D eigenvalue weighted by atomic mass is 16.5. The molecule has 0 aliphatic carbocycles. The van der Waals surface area contributed by atoms with Crippen LogP contribution >= 0.6 is 0 Å². The van der Waals surface area contributed by atoms with E-state index in [-0.39, 0.29) is 5.41 Å². The van der Waals surface area contributed by atoms with Gasteiger partial charge in [-0.15, -0.1) is 0 Å². The summed E-state index contributed by atoms with van der Waals surface area (Å²) in [7, 11) is 1.74. The van der Waals surface area contributed by atoms with Crippen LogP contribution in [0.4, 0.5) is 0 Å². The third kappa shape index (κ3) is 3.80. The highest BCUT2D eigenvalue weighted by Gasteiger charge is 2.34. The fraction of sp³-hybridized carbons (Fsp3) is 0.600. The summed E-state index contributed by atoms with van der Waals surface area (Å²) < 4.78 is 10.7. The minimum absolute atomic E-state index is 0.259. The Hall–Kier alpha value is -0.900. The van der Waals surface area contributed by atoms with Crippen LogP contribution in [-0.2, 0) is 15.9 Å². The van der Waals surface area contributed by atoms with Crippen LogP contribution in [0.2, 0.25) is 0 Å². The van der Waals surface area contributed by atoms with Crippen LogP contribution in [0.3, 0.4) is 0 Å². The highest BCUT2D eigenvalue weighted by molar-refractivity contribution is 5.17. The van der Waals surface area contributed by atoms with Gasteiger partial charge in [0.2, 0.25) is 0 Å². The zero-order valence-corrected chi connectivity index (χ0v) is 11.2. The summed E-state index contributed by atoms with van der Waals surface area (Å²) in [5.41, 5.74) is 1.66. The zero-order chi connectivity index (χ0) is 12.7. The van der Waals surface area contributed by atoms with E-state index in [9.17, 15) is 0 Å². The highest BCUT2D eigenvalue weighted by Crippen LogP contribution is 2.32. The number of ether oxygens (including phenoxy) is 2. The third-order valence-corrected chi connectivity index (χ3v) is 3.59. The van der Waals surface area contributed by atoms with Crippen molar-refractivity contribution in [2.45, 2.75) is 12.8 Å². The van der Waals surface area contributed by atoms with Crippen LogP contribution in [-0.4, -0.2) is 40.0 Å². The molecular formula is C15H23NO2. The van der Waals surface area contributed by atoms with E-state index in [2.05, 4.69) is 35.6 Å². The van der Waals surface area contributed by atoms with E-state index in [1.807, 2.05) is 0 Å². The minimum atomic E-state index is 0.259. The summed E-state index contributed by atoms with van der Waals surface area (Å²) in [6.07, 6.45) is 2.23. The topological polar surface area (TPSA) is 30.5 Å². The molecule has 1 saturated heterocycles. The molecular weight excluding hydrogens is 226 g/mol. The fourth-order valence-electron chi connectivity index (χ4n) is 2.55. The van der Waals surface area contributed by atoms with E-state index >= 15 is 0 Å². The lowest BCUT2D eigenvalue weighted by Gasteiger charge is -2.28. The molecule has 1 atom stereocenters. The molecule has 0 saturated carbocycles. The van der Waals surface area contributed by atoms with Gasteiger partial charge in [-0.1, -0.05) is 30.3 Å². The standard InChI is InChI=1S/C15H23NO2/c1-17-10-8-16-12-15(7-9-18-13-15)11-14-5-3-2-4-6-14/h2-6,16H,7-13H2,1H3. The maximum atomic E-state index is 5.62. The quantitative estimate of drug-likeness (QED) is 0.748. The van der Waals surface area contributed by atoms with Gasteiger partial charge in [0, 0.05) is 32.2 Å². The second kappa shape index (κ2) is 6.88. The fourth-order valence-corrected chi connectivity index (χ4v) is 2.55. The SMILES string of the molecule is COCCNCC1(Cc2ccccc2)CCOC1. The number of hydrogen-bond donors (Lipinski definition) is 1. The van der Waals surface area contributed by atoms with Gasteiger partial charge in [-0.05, 0) is 18.4 Å². The Morgan fingerprint density at radius 1 is 1.33 bits per heavy atom. The van der Waals surface area contributed by atoms with E-state index in [0.717, 1.165) is 45.8 Å². The molecule has 18 heavy (non-hydrogen) atoms. The van der Waals surface area contributed by atoms with E-state index < -0.39 is 0 Å². The van der Waals surface area contributed by atoms with Crippen molar-refractivity contribution in [1.29, 1.82) is 0 Å². The molecule has 1 aromatic carbocycles. The lowest BCUT2D eigenvalue weighted by atomic mass is 9.81. The normalized spacial score (nSPS) is 23.4. The molecule has 1 aliphatic rings. The predicted molar refractivity (Wildman–Crippen MR) is 72.8 cm³/mol. The molecule has 0 spiro atoms. The lowest BCUT2D eigenvalue weighted by molar-refractivity contribution is 0.145. The Balaban J connectivity index is 1.90. The summed E-state index contributed by atoms with van der Waals surface area (Å²) in [5.74, 6) is 0. The van der Waals surface area contributed by atoms with Crippen molar-refractivity contribution in [3.8, 4) is 0 Å². The van der Waals surface area contributed by atoms with Crippen molar-refractivity contribution < 1.29 is 9.47 Å². The van der Waals surface area contributed by atoms with Gasteiger partial charge in [0.15, 0.2) is 0 Å². The molecule has 3 heteroatoms. The zero-order valence-electron chi connectivity index (χ0n) is 11.2. The molecule has 1 N–H and O–H groups in total. The van der Waals surface area contributed by atoms with Crippen molar-refractivity contribution in [2.75, 3.05) is 40.0 Å². The van der Waals surface area contributed by atoms with Crippen LogP contribution in [0.25, 0.3) is 0 Å². The Labute approximate surface area is 109 Å². The van der Waals surface area contributed by atoms with Crippen LogP contribution in [0.15, 0.2) is 30.3 Å². The Bertz CT molecular complexity index is 334. The van der Waals surface area contributed by atoms with Crippen molar-refractivity contribution >= 4 is 0 Å². The Morgan fingerprint density at radius 3 is 2.83 bits per heavy atom. The van der Waals surface area contributed by atoms with E-state index in [0.29, 0.717) is 0 Å². The Kier molecular flexibility index (Phi) is 5.17. The molecule has 0 amide bonds. The first-order valence-corrected chi connectivity index (χ1v) is 6.66. The molecule has 1 unspecified atom stereocenters. The molecule has 100 valence electrons. The molecule has 0 bridgehead atoms. The first kappa shape index (κ1) is 13.5. The summed E-state index contributed by atoms with van der Waals surface area (Å²) in [5, 5.41) is 3.48. The molecule has 1 heterocycles. The van der Waals surface area contributed by atoms with Crippen LogP contribution < -0.4 is 5.32 Å². The molecule has 1 aliphatic heterocycles. The summed E-state index contributed by atoms with van der Waals surface area (Å²) in [6.45, 7) is 4.43. The Morgan fingerprint density at radius 2 is 2.17 bits per heavy atom. The molecule has 3 nitrogen and oxygen atoms in total. The summed E-state index contributed by atoms with van der Waals surface area (Å²) in [4.78, 5) is 0. The molecule has 0 aromatic heterocycles. The van der Waals surface area contributed by atoms with E-state index in [1.54, 1.807) is 7.11 Å². The smallest absolute Gasteiger partial charge is 0.0587 e.